The number of rotatable bonds is 14. The second kappa shape index (κ2) is 14.8. The van der Waals surface area contributed by atoms with Gasteiger partial charge < -0.3 is 28.8 Å². The number of ether oxygens (including phenoxy) is 5. The van der Waals surface area contributed by atoms with Gasteiger partial charge >= 0.3 is 11.9 Å². The molecule has 5 aliphatic rings. The standard InChI is InChI=1S/C37H58O9/c1-24-27-8-13-37(4)28-7-12-35(2)11-6-25(34(40)41)22-29(35)26(28)23-30(38)33(37)36(27,3)14-9-31(24)46-32(39)10-15-43-18-19-45-21-20-44-17-16-42-5/h23-25,27-29,31,33H,6-22H2,1-5H3,(H,40,41). The Morgan fingerprint density at radius 2 is 1.46 bits per heavy atom. The van der Waals surface area contributed by atoms with E-state index < -0.39 is 5.97 Å². The van der Waals surface area contributed by atoms with Crippen LogP contribution in [-0.4, -0.2) is 82.3 Å². The highest BCUT2D eigenvalue weighted by Crippen LogP contribution is 2.69. The van der Waals surface area contributed by atoms with Gasteiger partial charge in [-0.15, -0.1) is 0 Å². The molecule has 10 atom stereocenters. The molecule has 0 heterocycles. The minimum atomic E-state index is -0.691. The average molecular weight is 647 g/mol. The Kier molecular flexibility index (Phi) is 11.4. The van der Waals surface area contributed by atoms with Crippen molar-refractivity contribution in [1.29, 1.82) is 0 Å². The van der Waals surface area contributed by atoms with Gasteiger partial charge in [0.15, 0.2) is 5.78 Å². The van der Waals surface area contributed by atoms with Crippen LogP contribution in [0.3, 0.4) is 0 Å². The van der Waals surface area contributed by atoms with Crippen LogP contribution < -0.4 is 0 Å². The monoisotopic (exact) mass is 646 g/mol. The van der Waals surface area contributed by atoms with E-state index in [0.29, 0.717) is 64.5 Å². The quantitative estimate of drug-likeness (QED) is 0.182. The fraction of sp³-hybridized carbons (Fsp3) is 0.865. The fourth-order valence-corrected chi connectivity index (χ4v) is 10.8. The van der Waals surface area contributed by atoms with Gasteiger partial charge in [-0.3, -0.25) is 14.4 Å². The van der Waals surface area contributed by atoms with Crippen LogP contribution in [0.25, 0.3) is 0 Å². The van der Waals surface area contributed by atoms with Crippen molar-refractivity contribution in [3.63, 3.8) is 0 Å². The Hall–Kier alpha value is -1.81. The van der Waals surface area contributed by atoms with E-state index >= 15 is 0 Å². The maximum Gasteiger partial charge on any atom is 0.308 e. The zero-order chi connectivity index (χ0) is 33.1. The number of carbonyl (C=O) groups excluding carboxylic acids is 2. The summed E-state index contributed by atoms with van der Waals surface area (Å²) in [6.07, 6.45) is 10.2. The first-order valence-corrected chi connectivity index (χ1v) is 17.8. The van der Waals surface area contributed by atoms with Gasteiger partial charge in [0.2, 0.25) is 0 Å². The summed E-state index contributed by atoms with van der Waals surface area (Å²) < 4.78 is 27.4. The zero-order valence-electron chi connectivity index (χ0n) is 28.9. The van der Waals surface area contributed by atoms with E-state index in [2.05, 4.69) is 27.7 Å². The highest BCUT2D eigenvalue weighted by molar-refractivity contribution is 5.95. The van der Waals surface area contributed by atoms with Crippen LogP contribution in [-0.2, 0) is 38.1 Å². The third-order valence-electron chi connectivity index (χ3n) is 13.2. The third kappa shape index (κ3) is 6.99. The Morgan fingerprint density at radius 1 is 0.826 bits per heavy atom. The SMILES string of the molecule is COCCOCCOCCOCCC(=O)OC1CCC2(C)C(CCC3(C)C4CCC5(C)CCC(C(=O)O)CC5C4=CC(=O)C32)C1C. The van der Waals surface area contributed by atoms with E-state index in [4.69, 9.17) is 23.7 Å². The molecule has 0 radical (unpaired) electrons. The van der Waals surface area contributed by atoms with Crippen LogP contribution in [0.5, 0.6) is 0 Å². The van der Waals surface area contributed by atoms with Crippen molar-refractivity contribution in [1.82, 2.24) is 0 Å². The Morgan fingerprint density at radius 3 is 2.13 bits per heavy atom. The number of fused-ring (bicyclic) bond motifs is 7. The van der Waals surface area contributed by atoms with E-state index in [1.165, 1.54) is 5.57 Å². The van der Waals surface area contributed by atoms with Crippen molar-refractivity contribution < 1.29 is 43.2 Å². The maximum absolute atomic E-state index is 14.3. The van der Waals surface area contributed by atoms with Crippen molar-refractivity contribution in [2.45, 2.75) is 98.0 Å². The highest BCUT2D eigenvalue weighted by atomic mass is 16.6. The zero-order valence-corrected chi connectivity index (χ0v) is 28.9. The van der Waals surface area contributed by atoms with Crippen molar-refractivity contribution >= 4 is 17.7 Å². The Bertz CT molecular complexity index is 1140. The maximum atomic E-state index is 14.3. The molecule has 1 N–H and O–H groups in total. The molecule has 0 bridgehead atoms. The summed E-state index contributed by atoms with van der Waals surface area (Å²) >= 11 is 0. The first-order chi connectivity index (χ1) is 21.9. The van der Waals surface area contributed by atoms with Gasteiger partial charge in [-0.05, 0) is 104 Å². The molecule has 0 spiro atoms. The normalized spacial score (nSPS) is 40.2. The van der Waals surface area contributed by atoms with Crippen LogP contribution in [0, 0.1) is 51.8 Å². The van der Waals surface area contributed by atoms with E-state index in [1.54, 1.807) is 7.11 Å². The molecule has 4 fully saturated rings. The van der Waals surface area contributed by atoms with Gasteiger partial charge in [-0.25, -0.2) is 0 Å². The number of esters is 1. The predicted molar refractivity (Wildman–Crippen MR) is 172 cm³/mol. The average Bonchev–Trinajstić information content (AvgIpc) is 3.00. The predicted octanol–water partition coefficient (Wildman–Crippen LogP) is 5.88. The van der Waals surface area contributed by atoms with Crippen molar-refractivity contribution in [2.24, 2.45) is 51.8 Å². The molecule has 0 aromatic heterocycles. The summed E-state index contributed by atoms with van der Waals surface area (Å²) in [5.74, 6) is -0.0244. The number of ketones is 1. The smallest absolute Gasteiger partial charge is 0.308 e. The lowest BCUT2D eigenvalue weighted by Crippen LogP contribution is -2.62. The molecule has 5 aliphatic carbocycles. The van der Waals surface area contributed by atoms with Crippen LogP contribution in [0.15, 0.2) is 11.6 Å². The number of hydrogen-bond acceptors (Lipinski definition) is 8. The lowest BCUT2D eigenvalue weighted by molar-refractivity contribution is -0.182. The molecule has 0 saturated heterocycles. The van der Waals surface area contributed by atoms with Gasteiger partial charge in [0, 0.05) is 13.0 Å². The molecule has 0 aliphatic heterocycles. The molecule has 0 aromatic carbocycles. The minimum absolute atomic E-state index is 0.0534. The van der Waals surface area contributed by atoms with Crippen LogP contribution in [0.1, 0.15) is 91.9 Å². The number of methoxy groups -OCH3 is 1. The van der Waals surface area contributed by atoms with Crippen LogP contribution in [0.4, 0.5) is 0 Å². The number of carboxylic acid groups (broad SMARTS) is 1. The number of aliphatic carboxylic acids is 1. The van der Waals surface area contributed by atoms with Gasteiger partial charge in [-0.2, -0.15) is 0 Å². The third-order valence-corrected chi connectivity index (χ3v) is 13.2. The molecule has 260 valence electrons. The van der Waals surface area contributed by atoms with Gasteiger partial charge in [0.1, 0.15) is 6.10 Å². The first-order valence-electron chi connectivity index (χ1n) is 17.8. The van der Waals surface area contributed by atoms with Gasteiger partial charge in [0.05, 0.1) is 58.6 Å². The second-order valence-electron chi connectivity index (χ2n) is 15.7. The number of carboxylic acids is 1. The van der Waals surface area contributed by atoms with Crippen LogP contribution in [0.2, 0.25) is 0 Å². The fourth-order valence-electron chi connectivity index (χ4n) is 10.8. The van der Waals surface area contributed by atoms with Crippen molar-refractivity contribution in [3.05, 3.63) is 11.6 Å². The topological polar surface area (TPSA) is 118 Å². The molecular weight excluding hydrogens is 588 g/mol. The largest absolute Gasteiger partial charge is 0.481 e. The lowest BCUT2D eigenvalue weighted by atomic mass is 9.38. The molecule has 0 aromatic rings. The number of carbonyl (C=O) groups is 3. The van der Waals surface area contributed by atoms with Crippen molar-refractivity contribution in [3.8, 4) is 0 Å². The van der Waals surface area contributed by atoms with E-state index in [0.717, 1.165) is 51.4 Å². The number of allylic oxidation sites excluding steroid dienone is 2. The number of hydrogen-bond donors (Lipinski definition) is 1. The molecule has 9 heteroatoms. The highest BCUT2D eigenvalue weighted by Gasteiger charge is 2.65. The van der Waals surface area contributed by atoms with Gasteiger partial charge in [0.25, 0.3) is 0 Å². The summed E-state index contributed by atoms with van der Waals surface area (Å²) in [5.41, 5.74) is 1.09. The summed E-state index contributed by atoms with van der Waals surface area (Å²) in [6.45, 7) is 12.5. The van der Waals surface area contributed by atoms with E-state index in [1.807, 2.05) is 6.08 Å². The minimum Gasteiger partial charge on any atom is -0.481 e. The summed E-state index contributed by atoms with van der Waals surface area (Å²) in [5, 5.41) is 9.84. The summed E-state index contributed by atoms with van der Waals surface area (Å²) in [4.78, 5) is 39.1. The second-order valence-corrected chi connectivity index (χ2v) is 15.7. The lowest BCUT2D eigenvalue weighted by Gasteiger charge is -2.65. The van der Waals surface area contributed by atoms with E-state index in [9.17, 15) is 19.5 Å². The molecule has 9 nitrogen and oxygen atoms in total. The Labute approximate surface area is 275 Å². The Balaban J connectivity index is 1.15. The van der Waals surface area contributed by atoms with Crippen molar-refractivity contribution in [2.75, 3.05) is 53.4 Å². The van der Waals surface area contributed by atoms with Gasteiger partial charge in [-0.1, -0.05) is 33.3 Å². The summed E-state index contributed by atoms with van der Waals surface area (Å²) in [7, 11) is 1.64. The molecule has 46 heavy (non-hydrogen) atoms. The summed E-state index contributed by atoms with van der Waals surface area (Å²) in [6, 6.07) is 0. The molecule has 5 rings (SSSR count). The van der Waals surface area contributed by atoms with E-state index in [-0.39, 0.29) is 64.2 Å². The first kappa shape index (κ1) is 35.5. The molecular formula is C37H58O9. The molecule has 10 unspecified atom stereocenters. The molecule has 4 saturated carbocycles. The molecule has 0 amide bonds. The van der Waals surface area contributed by atoms with Crippen LogP contribution >= 0.6 is 0 Å².